The fraction of sp³-hybridized carbons (Fsp3) is 0.500. The van der Waals surface area contributed by atoms with Crippen LogP contribution < -0.4 is 0 Å². The molecule has 0 saturated heterocycles. The molecular formula is C8H13NO3. The van der Waals surface area contributed by atoms with Gasteiger partial charge in [0.1, 0.15) is 0 Å². The van der Waals surface area contributed by atoms with Gasteiger partial charge in [0.2, 0.25) is 0 Å². The standard InChI is InChI=1S/C8H13NO3/c1-4-12-8(11)7(10)5-6-9(2)3/h5-6H,4H2,1-3H3/b6-5+. The van der Waals surface area contributed by atoms with Crippen molar-refractivity contribution in [3.63, 3.8) is 0 Å². The highest BCUT2D eigenvalue weighted by atomic mass is 16.5. The summed E-state index contributed by atoms with van der Waals surface area (Å²) in [4.78, 5) is 23.2. The minimum atomic E-state index is -0.810. The molecule has 0 unspecified atom stereocenters. The molecule has 0 bridgehead atoms. The van der Waals surface area contributed by atoms with Crippen LogP contribution in [0.3, 0.4) is 0 Å². The van der Waals surface area contributed by atoms with Crippen LogP contribution in [0.4, 0.5) is 0 Å². The molecule has 68 valence electrons. The van der Waals surface area contributed by atoms with Crippen molar-refractivity contribution < 1.29 is 14.3 Å². The Labute approximate surface area is 71.8 Å². The van der Waals surface area contributed by atoms with E-state index in [1.165, 1.54) is 12.3 Å². The van der Waals surface area contributed by atoms with Crippen LogP contribution in [0.5, 0.6) is 0 Å². The second-order valence-corrected chi connectivity index (χ2v) is 2.36. The van der Waals surface area contributed by atoms with E-state index in [0.29, 0.717) is 0 Å². The van der Waals surface area contributed by atoms with E-state index >= 15 is 0 Å². The minimum Gasteiger partial charge on any atom is -0.460 e. The van der Waals surface area contributed by atoms with E-state index in [2.05, 4.69) is 4.74 Å². The Kier molecular flexibility index (Phi) is 4.76. The molecule has 0 heterocycles. The lowest BCUT2D eigenvalue weighted by atomic mass is 10.4. The van der Waals surface area contributed by atoms with Gasteiger partial charge in [0.15, 0.2) is 0 Å². The Morgan fingerprint density at radius 1 is 1.42 bits per heavy atom. The summed E-state index contributed by atoms with van der Waals surface area (Å²) in [5.41, 5.74) is 0. The highest BCUT2D eigenvalue weighted by Crippen LogP contribution is 1.85. The Morgan fingerprint density at radius 3 is 2.42 bits per heavy atom. The molecule has 12 heavy (non-hydrogen) atoms. The van der Waals surface area contributed by atoms with Crippen molar-refractivity contribution in [2.75, 3.05) is 20.7 Å². The first-order valence-electron chi connectivity index (χ1n) is 3.63. The summed E-state index contributed by atoms with van der Waals surface area (Å²) >= 11 is 0. The third kappa shape index (κ3) is 4.49. The molecule has 4 heteroatoms. The van der Waals surface area contributed by atoms with E-state index in [1.807, 2.05) is 0 Å². The molecule has 4 nitrogen and oxygen atoms in total. The second-order valence-electron chi connectivity index (χ2n) is 2.36. The van der Waals surface area contributed by atoms with Crippen LogP contribution in [0.25, 0.3) is 0 Å². The maximum Gasteiger partial charge on any atom is 0.379 e. The third-order valence-corrected chi connectivity index (χ3v) is 1.00. The van der Waals surface area contributed by atoms with Crippen molar-refractivity contribution in [2.24, 2.45) is 0 Å². The Bertz CT molecular complexity index is 196. The van der Waals surface area contributed by atoms with E-state index < -0.39 is 11.8 Å². The number of hydrogen-bond acceptors (Lipinski definition) is 4. The number of carbonyl (C=O) groups is 2. The first-order chi connectivity index (χ1) is 5.57. The molecule has 0 rings (SSSR count). The zero-order chi connectivity index (χ0) is 9.56. The molecular weight excluding hydrogens is 158 g/mol. The number of carbonyl (C=O) groups excluding carboxylic acids is 2. The molecule has 0 fully saturated rings. The molecule has 0 amide bonds. The van der Waals surface area contributed by atoms with Gasteiger partial charge in [0.25, 0.3) is 5.78 Å². The Hall–Kier alpha value is -1.32. The van der Waals surface area contributed by atoms with E-state index in [4.69, 9.17) is 0 Å². The maximum absolute atomic E-state index is 10.8. The SMILES string of the molecule is CCOC(=O)C(=O)/C=C/N(C)C. The van der Waals surface area contributed by atoms with Gasteiger partial charge >= 0.3 is 5.97 Å². The van der Waals surface area contributed by atoms with Gasteiger partial charge in [-0.25, -0.2) is 4.79 Å². The van der Waals surface area contributed by atoms with Gasteiger partial charge < -0.3 is 9.64 Å². The topological polar surface area (TPSA) is 46.6 Å². The fourth-order valence-corrected chi connectivity index (χ4v) is 0.487. The van der Waals surface area contributed by atoms with E-state index in [0.717, 1.165) is 0 Å². The number of ketones is 1. The zero-order valence-corrected chi connectivity index (χ0v) is 7.53. The Morgan fingerprint density at radius 2 is 2.00 bits per heavy atom. The predicted molar refractivity (Wildman–Crippen MR) is 44.5 cm³/mol. The quantitative estimate of drug-likeness (QED) is 0.344. The zero-order valence-electron chi connectivity index (χ0n) is 7.53. The number of rotatable bonds is 4. The lowest BCUT2D eigenvalue weighted by Gasteiger charge is -2.02. The first kappa shape index (κ1) is 10.7. The molecule has 0 aromatic rings. The van der Waals surface area contributed by atoms with Crippen LogP contribution in [0, 0.1) is 0 Å². The molecule has 0 atom stereocenters. The van der Waals surface area contributed by atoms with E-state index in [9.17, 15) is 9.59 Å². The van der Waals surface area contributed by atoms with Gasteiger partial charge in [-0.15, -0.1) is 0 Å². The molecule has 0 radical (unpaired) electrons. The Balaban J connectivity index is 3.95. The summed E-state index contributed by atoms with van der Waals surface area (Å²) in [7, 11) is 3.52. The van der Waals surface area contributed by atoms with E-state index in [-0.39, 0.29) is 6.61 Å². The van der Waals surface area contributed by atoms with Gasteiger partial charge in [-0.3, -0.25) is 4.79 Å². The largest absolute Gasteiger partial charge is 0.460 e. The van der Waals surface area contributed by atoms with Gasteiger partial charge in [-0.2, -0.15) is 0 Å². The molecule has 0 aliphatic heterocycles. The summed E-state index contributed by atoms with van der Waals surface area (Å²) < 4.78 is 4.48. The minimum absolute atomic E-state index is 0.223. The normalized spacial score (nSPS) is 9.92. The highest BCUT2D eigenvalue weighted by Gasteiger charge is 2.09. The van der Waals surface area contributed by atoms with Crippen LogP contribution >= 0.6 is 0 Å². The van der Waals surface area contributed by atoms with Crippen LogP contribution in [0.15, 0.2) is 12.3 Å². The summed E-state index contributed by atoms with van der Waals surface area (Å²) in [5, 5.41) is 0. The second kappa shape index (κ2) is 5.35. The molecule has 0 spiro atoms. The lowest BCUT2D eigenvalue weighted by Crippen LogP contribution is -2.15. The average Bonchev–Trinajstić information content (AvgIpc) is 2.00. The highest BCUT2D eigenvalue weighted by molar-refractivity contribution is 6.38. The van der Waals surface area contributed by atoms with Gasteiger partial charge in [-0.1, -0.05) is 0 Å². The van der Waals surface area contributed by atoms with E-state index in [1.54, 1.807) is 25.9 Å². The van der Waals surface area contributed by atoms with Gasteiger partial charge in [0.05, 0.1) is 6.61 Å². The fourth-order valence-electron chi connectivity index (χ4n) is 0.487. The molecule has 0 aromatic heterocycles. The summed E-state index contributed by atoms with van der Waals surface area (Å²) in [5.74, 6) is -1.44. The van der Waals surface area contributed by atoms with Crippen molar-refractivity contribution in [3.8, 4) is 0 Å². The number of hydrogen-bond donors (Lipinski definition) is 0. The third-order valence-electron chi connectivity index (χ3n) is 1.00. The number of nitrogens with zero attached hydrogens (tertiary/aromatic N) is 1. The summed E-state index contributed by atoms with van der Waals surface area (Å²) in [6.45, 7) is 1.88. The van der Waals surface area contributed by atoms with Gasteiger partial charge in [0, 0.05) is 26.4 Å². The van der Waals surface area contributed by atoms with Crippen molar-refractivity contribution in [1.82, 2.24) is 4.90 Å². The van der Waals surface area contributed by atoms with Crippen LogP contribution in [0.2, 0.25) is 0 Å². The van der Waals surface area contributed by atoms with Crippen molar-refractivity contribution in [3.05, 3.63) is 12.3 Å². The smallest absolute Gasteiger partial charge is 0.379 e. The first-order valence-corrected chi connectivity index (χ1v) is 3.63. The monoisotopic (exact) mass is 171 g/mol. The molecule has 0 aliphatic rings. The van der Waals surface area contributed by atoms with Crippen molar-refractivity contribution in [2.45, 2.75) is 6.92 Å². The van der Waals surface area contributed by atoms with Crippen molar-refractivity contribution in [1.29, 1.82) is 0 Å². The summed E-state index contributed by atoms with van der Waals surface area (Å²) in [6.07, 6.45) is 2.68. The van der Waals surface area contributed by atoms with Gasteiger partial charge in [-0.05, 0) is 6.92 Å². The van der Waals surface area contributed by atoms with Crippen LogP contribution in [-0.2, 0) is 14.3 Å². The molecule has 0 saturated carbocycles. The maximum atomic E-state index is 10.8. The molecule has 0 N–H and O–H groups in total. The van der Waals surface area contributed by atoms with Crippen LogP contribution in [0.1, 0.15) is 6.92 Å². The number of ether oxygens (including phenoxy) is 1. The average molecular weight is 171 g/mol. The van der Waals surface area contributed by atoms with Crippen LogP contribution in [-0.4, -0.2) is 37.4 Å². The van der Waals surface area contributed by atoms with Crippen molar-refractivity contribution >= 4 is 11.8 Å². The molecule has 0 aromatic carbocycles. The lowest BCUT2D eigenvalue weighted by molar-refractivity contribution is -0.151. The number of esters is 1. The molecule has 0 aliphatic carbocycles. The predicted octanol–water partition coefficient (Wildman–Crippen LogP) is 0.194. The summed E-state index contributed by atoms with van der Waals surface area (Å²) in [6, 6.07) is 0.